The molecule has 0 heterocycles. The van der Waals surface area contributed by atoms with Gasteiger partial charge in [0.25, 0.3) is 0 Å². The number of aliphatic hydroxyl groups is 1. The number of nitrogens with one attached hydrogen (secondary N) is 1. The molecule has 3 heteroatoms. The van der Waals surface area contributed by atoms with E-state index in [1.807, 2.05) is 12.1 Å². The Morgan fingerprint density at radius 2 is 2.00 bits per heavy atom. The number of benzene rings is 1. The van der Waals surface area contributed by atoms with Gasteiger partial charge in [-0.2, -0.15) is 0 Å². The second kappa shape index (κ2) is 9.06. The summed E-state index contributed by atoms with van der Waals surface area (Å²) in [6.07, 6.45) is 2.92. The number of aliphatic hydroxyl groups excluding tert-OH is 1. The van der Waals surface area contributed by atoms with Crippen LogP contribution in [0.3, 0.4) is 0 Å². The summed E-state index contributed by atoms with van der Waals surface area (Å²) in [5.41, 5.74) is 1.06. The fourth-order valence-electron chi connectivity index (χ4n) is 2.38. The Balaban J connectivity index is 2.43. The van der Waals surface area contributed by atoms with Crippen molar-refractivity contribution in [3.05, 3.63) is 29.8 Å². The molecule has 1 aromatic carbocycles. The summed E-state index contributed by atoms with van der Waals surface area (Å²) >= 11 is 0. The maximum Gasteiger partial charge on any atom is 0.122 e. The molecule has 0 fully saturated rings. The molecule has 0 aliphatic carbocycles. The Morgan fingerprint density at radius 1 is 1.29 bits per heavy atom. The molecule has 0 radical (unpaired) electrons. The predicted octanol–water partition coefficient (Wildman–Crippen LogP) is 3.72. The number of hydrogen-bond donors (Lipinski definition) is 2. The summed E-state index contributed by atoms with van der Waals surface area (Å²) in [6.45, 7) is 10.4. The molecule has 1 rings (SSSR count). The monoisotopic (exact) mass is 293 g/mol. The molecule has 3 nitrogen and oxygen atoms in total. The number of para-hydroxylation sites is 1. The highest BCUT2D eigenvalue weighted by atomic mass is 16.5. The van der Waals surface area contributed by atoms with Crippen molar-refractivity contribution in [2.75, 3.05) is 19.8 Å². The zero-order chi connectivity index (χ0) is 15.7. The van der Waals surface area contributed by atoms with Gasteiger partial charge in [0.1, 0.15) is 5.75 Å². The third-order valence-electron chi connectivity index (χ3n) is 3.82. The van der Waals surface area contributed by atoms with Crippen LogP contribution in [0.4, 0.5) is 0 Å². The average molecular weight is 293 g/mol. The van der Waals surface area contributed by atoms with Crippen molar-refractivity contribution in [1.29, 1.82) is 0 Å². The van der Waals surface area contributed by atoms with E-state index in [1.165, 1.54) is 5.56 Å². The summed E-state index contributed by atoms with van der Waals surface area (Å²) in [6, 6.07) is 8.23. The maximum atomic E-state index is 9.54. The van der Waals surface area contributed by atoms with E-state index >= 15 is 0 Å². The van der Waals surface area contributed by atoms with Crippen molar-refractivity contribution in [2.45, 2.75) is 58.4 Å². The van der Waals surface area contributed by atoms with E-state index < -0.39 is 0 Å². The molecular weight excluding hydrogens is 262 g/mol. The summed E-state index contributed by atoms with van der Waals surface area (Å²) in [5.74, 6) is 1.45. The lowest BCUT2D eigenvalue weighted by atomic mass is 9.97. The Labute approximate surface area is 129 Å². The fourth-order valence-corrected chi connectivity index (χ4v) is 2.38. The highest BCUT2D eigenvalue weighted by Gasteiger charge is 2.21. The molecule has 1 aromatic rings. The van der Waals surface area contributed by atoms with E-state index in [1.54, 1.807) is 0 Å². The van der Waals surface area contributed by atoms with E-state index in [0.29, 0.717) is 12.5 Å². The van der Waals surface area contributed by atoms with E-state index in [9.17, 15) is 5.11 Å². The molecule has 120 valence electrons. The fraction of sp³-hybridized carbons (Fsp3) is 0.667. The number of hydrogen-bond acceptors (Lipinski definition) is 3. The first-order valence-electron chi connectivity index (χ1n) is 8.10. The van der Waals surface area contributed by atoms with E-state index in [2.05, 4.69) is 45.1 Å². The number of ether oxygens (including phenoxy) is 1. The summed E-state index contributed by atoms with van der Waals surface area (Å²) in [4.78, 5) is 0. The minimum absolute atomic E-state index is 0.162. The molecule has 1 unspecified atom stereocenters. The van der Waals surface area contributed by atoms with Crippen molar-refractivity contribution in [2.24, 2.45) is 0 Å². The third-order valence-corrected chi connectivity index (χ3v) is 3.82. The zero-order valence-corrected chi connectivity index (χ0v) is 14.0. The largest absolute Gasteiger partial charge is 0.493 e. The highest BCUT2D eigenvalue weighted by molar-refractivity contribution is 5.35. The molecule has 0 spiro atoms. The van der Waals surface area contributed by atoms with Crippen LogP contribution in [-0.2, 0) is 0 Å². The smallest absolute Gasteiger partial charge is 0.122 e. The Morgan fingerprint density at radius 3 is 2.62 bits per heavy atom. The van der Waals surface area contributed by atoms with Gasteiger partial charge >= 0.3 is 0 Å². The molecular formula is C18H31NO2. The summed E-state index contributed by atoms with van der Waals surface area (Å²) < 4.78 is 5.93. The van der Waals surface area contributed by atoms with Crippen LogP contribution in [0.2, 0.25) is 0 Å². The van der Waals surface area contributed by atoms with E-state index in [4.69, 9.17) is 4.74 Å². The summed E-state index contributed by atoms with van der Waals surface area (Å²) in [5, 5.41) is 13.0. The molecule has 2 N–H and O–H groups in total. The second-order valence-corrected chi connectivity index (χ2v) is 6.29. The van der Waals surface area contributed by atoms with Crippen molar-refractivity contribution in [3.8, 4) is 5.75 Å². The Hall–Kier alpha value is -1.06. The minimum atomic E-state index is -0.197. The third kappa shape index (κ3) is 6.06. The minimum Gasteiger partial charge on any atom is -0.493 e. The van der Waals surface area contributed by atoms with Gasteiger partial charge in [-0.1, -0.05) is 39.0 Å². The van der Waals surface area contributed by atoms with Gasteiger partial charge in [0.05, 0.1) is 13.2 Å². The quantitative estimate of drug-likeness (QED) is 0.646. The van der Waals surface area contributed by atoms with Gasteiger partial charge in [-0.15, -0.1) is 0 Å². The zero-order valence-electron chi connectivity index (χ0n) is 14.0. The molecule has 0 saturated carbocycles. The van der Waals surface area contributed by atoms with Crippen LogP contribution < -0.4 is 10.1 Å². The van der Waals surface area contributed by atoms with Gasteiger partial charge in [-0.05, 0) is 50.3 Å². The normalized spacial score (nSPS) is 14.2. The lowest BCUT2D eigenvalue weighted by molar-refractivity contribution is 0.156. The molecule has 0 aliphatic rings. The average Bonchev–Trinajstić information content (AvgIpc) is 2.50. The van der Waals surface area contributed by atoms with Gasteiger partial charge in [0, 0.05) is 5.54 Å². The molecule has 0 bridgehead atoms. The maximum absolute atomic E-state index is 9.54. The van der Waals surface area contributed by atoms with Crippen molar-refractivity contribution < 1.29 is 9.84 Å². The molecule has 0 aromatic heterocycles. The van der Waals surface area contributed by atoms with Gasteiger partial charge in [-0.25, -0.2) is 0 Å². The van der Waals surface area contributed by atoms with Crippen molar-refractivity contribution in [1.82, 2.24) is 5.32 Å². The highest BCUT2D eigenvalue weighted by Crippen LogP contribution is 2.26. The second-order valence-electron chi connectivity index (χ2n) is 6.29. The van der Waals surface area contributed by atoms with Gasteiger partial charge in [-0.3, -0.25) is 0 Å². The molecule has 21 heavy (non-hydrogen) atoms. The topological polar surface area (TPSA) is 41.5 Å². The van der Waals surface area contributed by atoms with Crippen LogP contribution in [0.15, 0.2) is 24.3 Å². The lowest BCUT2D eigenvalue weighted by Gasteiger charge is -2.29. The van der Waals surface area contributed by atoms with Crippen LogP contribution in [0.1, 0.15) is 58.4 Å². The van der Waals surface area contributed by atoms with Crippen LogP contribution in [0.25, 0.3) is 0 Å². The molecule has 0 aliphatic heterocycles. The Kier molecular flexibility index (Phi) is 7.76. The van der Waals surface area contributed by atoms with Crippen LogP contribution in [-0.4, -0.2) is 30.4 Å². The first-order chi connectivity index (χ1) is 10.0. The first kappa shape index (κ1) is 18.0. The molecule has 0 amide bonds. The van der Waals surface area contributed by atoms with Crippen molar-refractivity contribution in [3.63, 3.8) is 0 Å². The van der Waals surface area contributed by atoms with Crippen LogP contribution in [0, 0.1) is 0 Å². The standard InChI is InChI=1S/C18H31NO2/c1-5-12-19-18(4,14-20)11-8-13-21-17-10-7-6-9-16(17)15(2)3/h6-7,9-10,15,19-20H,5,8,11-14H2,1-4H3. The SMILES string of the molecule is CCCNC(C)(CO)CCCOc1ccccc1C(C)C. The van der Waals surface area contributed by atoms with Crippen molar-refractivity contribution >= 4 is 0 Å². The van der Waals surface area contributed by atoms with Crippen LogP contribution >= 0.6 is 0 Å². The Bertz CT molecular complexity index is 406. The van der Waals surface area contributed by atoms with Crippen LogP contribution in [0.5, 0.6) is 5.75 Å². The van der Waals surface area contributed by atoms with Gasteiger partial charge < -0.3 is 15.2 Å². The first-order valence-corrected chi connectivity index (χ1v) is 8.10. The van der Waals surface area contributed by atoms with E-state index in [-0.39, 0.29) is 12.1 Å². The molecule has 1 atom stereocenters. The van der Waals surface area contributed by atoms with Gasteiger partial charge in [0.2, 0.25) is 0 Å². The lowest BCUT2D eigenvalue weighted by Crippen LogP contribution is -2.46. The van der Waals surface area contributed by atoms with Gasteiger partial charge in [0.15, 0.2) is 0 Å². The predicted molar refractivity (Wildman–Crippen MR) is 89.0 cm³/mol. The molecule has 0 saturated heterocycles. The number of rotatable bonds is 10. The summed E-state index contributed by atoms with van der Waals surface area (Å²) in [7, 11) is 0. The van der Waals surface area contributed by atoms with E-state index in [0.717, 1.165) is 31.6 Å².